The van der Waals surface area contributed by atoms with Crippen molar-refractivity contribution in [1.82, 2.24) is 4.90 Å². The maximum Gasteiger partial charge on any atom is 0.343 e. The first-order valence-corrected chi connectivity index (χ1v) is 12.9. The number of hydrogen-bond donors (Lipinski definition) is 0. The van der Waals surface area contributed by atoms with Gasteiger partial charge in [0.2, 0.25) is 0 Å². The molecule has 4 aromatic rings. The topological polar surface area (TPSA) is 72.9 Å². The molecule has 0 bridgehead atoms. The first-order valence-electron chi connectivity index (χ1n) is 11.7. The van der Waals surface area contributed by atoms with Gasteiger partial charge in [0.25, 0.3) is 11.1 Å². The molecule has 6 nitrogen and oxygen atoms in total. The first-order chi connectivity index (χ1) is 18.3. The highest BCUT2D eigenvalue weighted by atomic mass is 35.5. The summed E-state index contributed by atoms with van der Waals surface area (Å²) in [4.78, 5) is 40.1. The average Bonchev–Trinajstić information content (AvgIpc) is 3.17. The molecule has 1 fully saturated rings. The second kappa shape index (κ2) is 10.7. The van der Waals surface area contributed by atoms with E-state index in [1.54, 1.807) is 30.3 Å². The first kappa shape index (κ1) is 25.6. The number of ether oxygens (including phenoxy) is 2. The fourth-order valence-electron chi connectivity index (χ4n) is 4.15. The summed E-state index contributed by atoms with van der Waals surface area (Å²) < 4.78 is 10.9. The number of carbonyl (C=O) groups excluding carboxylic acids is 3. The Labute approximate surface area is 228 Å². The molecular formula is C30H22ClNO5S. The van der Waals surface area contributed by atoms with E-state index in [1.807, 2.05) is 61.5 Å². The molecular weight excluding hydrogens is 522 g/mol. The van der Waals surface area contributed by atoms with Crippen LogP contribution in [0.1, 0.15) is 27.0 Å². The highest BCUT2D eigenvalue weighted by Crippen LogP contribution is 2.40. The number of aryl methyl sites for hydroxylation is 1. The minimum Gasteiger partial charge on any atom is -0.493 e. The molecule has 1 aliphatic heterocycles. The van der Waals surface area contributed by atoms with Gasteiger partial charge < -0.3 is 9.47 Å². The van der Waals surface area contributed by atoms with Crippen LogP contribution in [0.25, 0.3) is 16.8 Å². The van der Waals surface area contributed by atoms with E-state index >= 15 is 0 Å². The summed E-state index contributed by atoms with van der Waals surface area (Å²) in [5.41, 5.74) is 2.80. The number of carbonyl (C=O) groups is 3. The van der Waals surface area contributed by atoms with Crippen LogP contribution in [0.3, 0.4) is 0 Å². The Morgan fingerprint density at radius 1 is 1.00 bits per heavy atom. The summed E-state index contributed by atoms with van der Waals surface area (Å²) in [6.07, 6.45) is 1.58. The predicted molar refractivity (Wildman–Crippen MR) is 150 cm³/mol. The van der Waals surface area contributed by atoms with Gasteiger partial charge in [-0.3, -0.25) is 14.5 Å². The van der Waals surface area contributed by atoms with E-state index < -0.39 is 11.9 Å². The number of methoxy groups -OCH3 is 1. The Bertz CT molecular complexity index is 1610. The van der Waals surface area contributed by atoms with Gasteiger partial charge in [-0.25, -0.2) is 4.79 Å². The molecule has 190 valence electrons. The third-order valence-corrected chi connectivity index (χ3v) is 7.30. The monoisotopic (exact) mass is 543 g/mol. The van der Waals surface area contributed by atoms with E-state index in [2.05, 4.69) is 0 Å². The molecule has 0 aromatic heterocycles. The molecule has 0 atom stereocenters. The van der Waals surface area contributed by atoms with E-state index in [0.717, 1.165) is 33.7 Å². The lowest BCUT2D eigenvalue weighted by Crippen LogP contribution is -2.27. The maximum atomic E-state index is 13.2. The Hall–Kier alpha value is -4.07. The van der Waals surface area contributed by atoms with Crippen LogP contribution in [-0.2, 0) is 11.3 Å². The van der Waals surface area contributed by atoms with Gasteiger partial charge in [0, 0.05) is 0 Å². The van der Waals surface area contributed by atoms with Crippen molar-refractivity contribution in [3.8, 4) is 11.5 Å². The molecule has 8 heteroatoms. The highest BCUT2D eigenvalue weighted by molar-refractivity contribution is 8.18. The van der Waals surface area contributed by atoms with Crippen molar-refractivity contribution >= 4 is 57.3 Å². The molecule has 38 heavy (non-hydrogen) atoms. The molecule has 1 heterocycles. The summed E-state index contributed by atoms with van der Waals surface area (Å²) in [6.45, 7) is 2.09. The predicted octanol–water partition coefficient (Wildman–Crippen LogP) is 7.27. The second-order valence-electron chi connectivity index (χ2n) is 8.70. The summed E-state index contributed by atoms with van der Waals surface area (Å²) in [5.74, 6) is -0.675. The van der Waals surface area contributed by atoms with Gasteiger partial charge in [-0.05, 0) is 70.9 Å². The lowest BCUT2D eigenvalue weighted by molar-refractivity contribution is -0.123. The Morgan fingerprint density at radius 2 is 1.74 bits per heavy atom. The van der Waals surface area contributed by atoms with Crippen LogP contribution in [0.15, 0.2) is 83.8 Å². The van der Waals surface area contributed by atoms with Gasteiger partial charge in [-0.1, -0.05) is 71.8 Å². The third kappa shape index (κ3) is 5.16. The van der Waals surface area contributed by atoms with E-state index in [9.17, 15) is 14.4 Å². The van der Waals surface area contributed by atoms with Crippen molar-refractivity contribution < 1.29 is 23.9 Å². The van der Waals surface area contributed by atoms with Gasteiger partial charge in [0.05, 0.1) is 29.1 Å². The van der Waals surface area contributed by atoms with Crippen molar-refractivity contribution in [2.75, 3.05) is 7.11 Å². The van der Waals surface area contributed by atoms with Crippen LogP contribution in [0.2, 0.25) is 5.02 Å². The van der Waals surface area contributed by atoms with Crippen LogP contribution in [-0.4, -0.2) is 29.1 Å². The summed E-state index contributed by atoms with van der Waals surface area (Å²) in [5, 5.41) is 1.81. The number of rotatable bonds is 6. The zero-order valence-electron chi connectivity index (χ0n) is 20.6. The van der Waals surface area contributed by atoms with Gasteiger partial charge in [0.1, 0.15) is 0 Å². The second-order valence-corrected chi connectivity index (χ2v) is 10.1. The van der Waals surface area contributed by atoms with Crippen LogP contribution in [0, 0.1) is 6.92 Å². The zero-order chi connectivity index (χ0) is 26.8. The van der Waals surface area contributed by atoms with Crippen molar-refractivity contribution in [2.24, 2.45) is 0 Å². The zero-order valence-corrected chi connectivity index (χ0v) is 22.1. The Kier molecular flexibility index (Phi) is 7.22. The summed E-state index contributed by atoms with van der Waals surface area (Å²) >= 11 is 7.32. The minimum atomic E-state index is -0.576. The number of hydrogen-bond acceptors (Lipinski definition) is 6. The van der Waals surface area contributed by atoms with Crippen LogP contribution < -0.4 is 9.47 Å². The summed E-state index contributed by atoms with van der Waals surface area (Å²) in [6, 6.07) is 23.8. The SMILES string of the molecule is COc1cc(/C=C2\SC(=O)N(Cc3cccc4ccccc34)C2=O)cc(Cl)c1OC(=O)c1ccc(C)cc1. The number of nitrogens with zero attached hydrogens (tertiary/aromatic N) is 1. The quantitative estimate of drug-likeness (QED) is 0.145. The molecule has 1 aliphatic rings. The molecule has 5 rings (SSSR count). The largest absolute Gasteiger partial charge is 0.493 e. The van der Waals surface area contributed by atoms with E-state index in [0.29, 0.717) is 11.1 Å². The van der Waals surface area contributed by atoms with Gasteiger partial charge >= 0.3 is 5.97 Å². The fourth-order valence-corrected chi connectivity index (χ4v) is 5.25. The highest BCUT2D eigenvalue weighted by Gasteiger charge is 2.35. The number of halogens is 1. The van der Waals surface area contributed by atoms with Crippen LogP contribution in [0.4, 0.5) is 4.79 Å². The molecule has 4 aromatic carbocycles. The normalized spacial score (nSPS) is 14.4. The van der Waals surface area contributed by atoms with Crippen molar-refractivity contribution in [3.63, 3.8) is 0 Å². The average molecular weight is 544 g/mol. The van der Waals surface area contributed by atoms with E-state index in [4.69, 9.17) is 21.1 Å². The number of fused-ring (bicyclic) bond motifs is 1. The number of esters is 1. The molecule has 0 N–H and O–H groups in total. The number of imide groups is 1. The number of benzene rings is 4. The molecule has 0 spiro atoms. The molecule has 0 aliphatic carbocycles. The lowest BCUT2D eigenvalue weighted by atomic mass is 10.0. The minimum absolute atomic E-state index is 0.0703. The number of amides is 2. The van der Waals surface area contributed by atoms with E-state index in [1.165, 1.54) is 12.0 Å². The van der Waals surface area contributed by atoms with Gasteiger partial charge in [-0.2, -0.15) is 0 Å². The lowest BCUT2D eigenvalue weighted by Gasteiger charge is -2.14. The molecule has 0 radical (unpaired) electrons. The maximum absolute atomic E-state index is 13.2. The molecule has 0 unspecified atom stereocenters. The fraction of sp³-hybridized carbons (Fsp3) is 0.100. The van der Waals surface area contributed by atoms with Gasteiger partial charge in [0.15, 0.2) is 11.5 Å². The Morgan fingerprint density at radius 3 is 2.50 bits per heavy atom. The van der Waals surface area contributed by atoms with Crippen molar-refractivity contribution in [1.29, 1.82) is 0 Å². The van der Waals surface area contributed by atoms with Crippen LogP contribution >= 0.6 is 23.4 Å². The molecule has 0 saturated carbocycles. The molecule has 1 saturated heterocycles. The smallest absolute Gasteiger partial charge is 0.343 e. The van der Waals surface area contributed by atoms with Crippen LogP contribution in [0.5, 0.6) is 11.5 Å². The molecule has 2 amide bonds. The summed E-state index contributed by atoms with van der Waals surface area (Å²) in [7, 11) is 1.43. The van der Waals surface area contributed by atoms with Crippen molar-refractivity contribution in [3.05, 3.63) is 111 Å². The van der Waals surface area contributed by atoms with Gasteiger partial charge in [-0.15, -0.1) is 0 Å². The van der Waals surface area contributed by atoms with E-state index in [-0.39, 0.29) is 33.2 Å². The van der Waals surface area contributed by atoms with Crippen molar-refractivity contribution in [2.45, 2.75) is 13.5 Å². The standard InChI is InChI=1S/C30H22ClNO5S/c1-18-10-12-21(13-11-18)29(34)37-27-24(31)14-19(15-25(27)36-2)16-26-28(33)32(30(35)38-26)17-22-8-5-7-20-6-3-4-9-23(20)22/h3-16H,17H2,1-2H3/b26-16-. The number of thioether (sulfide) groups is 1. The third-order valence-electron chi connectivity index (χ3n) is 6.11. The Balaban J connectivity index is 1.38.